The molecule has 0 aliphatic carbocycles. The molecule has 1 aliphatic rings. The molecular formula is C22H18N2O5. The van der Waals surface area contributed by atoms with Crippen molar-refractivity contribution in [2.24, 2.45) is 0 Å². The Morgan fingerprint density at radius 2 is 1.90 bits per heavy atom. The quantitative estimate of drug-likeness (QED) is 0.540. The van der Waals surface area contributed by atoms with Crippen molar-refractivity contribution in [3.8, 4) is 11.5 Å². The van der Waals surface area contributed by atoms with E-state index in [4.69, 9.17) is 13.9 Å². The fourth-order valence-electron chi connectivity index (χ4n) is 3.74. The van der Waals surface area contributed by atoms with Crippen molar-refractivity contribution >= 4 is 27.8 Å². The number of carbonyl (C=O) groups excluding carboxylic acids is 1. The summed E-state index contributed by atoms with van der Waals surface area (Å²) in [5.41, 5.74) is 2.09. The average Bonchev–Trinajstić information content (AvgIpc) is 3.36. The summed E-state index contributed by atoms with van der Waals surface area (Å²) in [6.07, 6.45) is 0. The number of ether oxygens (including phenoxy) is 2. The standard InChI is InChI=1S/C22H18N2O5/c1-2-24-16(10-15-20(24)14-5-3-4-6-17(14)29-22(15)26)21(25)23-11-13-7-8-18-19(9-13)28-12-27-18/h3-10H,2,11-12H2,1H3,(H,23,25). The molecule has 1 amide bonds. The molecule has 4 aromatic rings. The van der Waals surface area contributed by atoms with Crippen LogP contribution in [-0.4, -0.2) is 17.3 Å². The molecule has 0 radical (unpaired) electrons. The molecule has 0 atom stereocenters. The van der Waals surface area contributed by atoms with E-state index in [-0.39, 0.29) is 12.7 Å². The third kappa shape index (κ3) is 2.82. The average molecular weight is 390 g/mol. The number of carbonyl (C=O) groups is 1. The van der Waals surface area contributed by atoms with Gasteiger partial charge in [-0.3, -0.25) is 4.79 Å². The Morgan fingerprint density at radius 3 is 2.76 bits per heavy atom. The first-order valence-corrected chi connectivity index (χ1v) is 9.37. The van der Waals surface area contributed by atoms with Gasteiger partial charge in [-0.2, -0.15) is 0 Å². The second-order valence-electron chi connectivity index (χ2n) is 6.79. The second-order valence-corrected chi connectivity index (χ2v) is 6.79. The molecule has 7 heteroatoms. The number of amides is 1. The van der Waals surface area contributed by atoms with Gasteiger partial charge in [-0.05, 0) is 42.8 Å². The first-order chi connectivity index (χ1) is 14.2. The van der Waals surface area contributed by atoms with E-state index in [1.165, 1.54) is 0 Å². The largest absolute Gasteiger partial charge is 0.454 e. The molecule has 0 bridgehead atoms. The maximum absolute atomic E-state index is 12.9. The number of hydrogen-bond donors (Lipinski definition) is 1. The maximum atomic E-state index is 12.9. The van der Waals surface area contributed by atoms with Crippen molar-refractivity contribution in [2.45, 2.75) is 20.0 Å². The van der Waals surface area contributed by atoms with Crippen LogP contribution in [0.4, 0.5) is 0 Å². The Bertz CT molecular complexity index is 1320. The van der Waals surface area contributed by atoms with Crippen LogP contribution in [0.15, 0.2) is 57.7 Å². The number of benzene rings is 2. The molecule has 29 heavy (non-hydrogen) atoms. The van der Waals surface area contributed by atoms with E-state index in [0.717, 1.165) is 10.9 Å². The van der Waals surface area contributed by atoms with Gasteiger partial charge in [0.15, 0.2) is 11.5 Å². The molecule has 0 unspecified atom stereocenters. The molecule has 0 saturated carbocycles. The van der Waals surface area contributed by atoms with Gasteiger partial charge in [0.05, 0.1) is 10.9 Å². The fraction of sp³-hybridized carbons (Fsp3) is 0.182. The van der Waals surface area contributed by atoms with E-state index >= 15 is 0 Å². The predicted molar refractivity (Wildman–Crippen MR) is 107 cm³/mol. The summed E-state index contributed by atoms with van der Waals surface area (Å²) in [6, 6.07) is 14.5. The number of rotatable bonds is 4. The van der Waals surface area contributed by atoms with Gasteiger partial charge >= 0.3 is 5.63 Å². The van der Waals surface area contributed by atoms with E-state index in [0.29, 0.717) is 46.8 Å². The van der Waals surface area contributed by atoms with Gasteiger partial charge in [-0.15, -0.1) is 0 Å². The zero-order valence-corrected chi connectivity index (χ0v) is 15.7. The van der Waals surface area contributed by atoms with E-state index < -0.39 is 5.63 Å². The first kappa shape index (κ1) is 17.4. The highest BCUT2D eigenvalue weighted by atomic mass is 16.7. The van der Waals surface area contributed by atoms with Gasteiger partial charge in [0.25, 0.3) is 5.91 Å². The van der Waals surface area contributed by atoms with Crippen molar-refractivity contribution < 1.29 is 18.7 Å². The summed E-state index contributed by atoms with van der Waals surface area (Å²) in [5, 5.41) is 4.13. The van der Waals surface area contributed by atoms with Crippen molar-refractivity contribution in [3.05, 3.63) is 70.2 Å². The van der Waals surface area contributed by atoms with Gasteiger partial charge in [0.1, 0.15) is 11.3 Å². The van der Waals surface area contributed by atoms with E-state index in [2.05, 4.69) is 5.32 Å². The van der Waals surface area contributed by atoms with Crippen LogP contribution >= 0.6 is 0 Å². The minimum absolute atomic E-state index is 0.207. The number of hydrogen-bond acceptors (Lipinski definition) is 5. The molecule has 1 aliphatic heterocycles. The van der Waals surface area contributed by atoms with E-state index in [9.17, 15) is 9.59 Å². The van der Waals surface area contributed by atoms with Gasteiger partial charge in [0, 0.05) is 18.5 Å². The highest BCUT2D eigenvalue weighted by molar-refractivity contribution is 6.07. The smallest absolute Gasteiger partial charge is 0.345 e. The van der Waals surface area contributed by atoms with Crippen molar-refractivity contribution in [2.75, 3.05) is 6.79 Å². The molecule has 0 spiro atoms. The van der Waals surface area contributed by atoms with Crippen LogP contribution in [0.3, 0.4) is 0 Å². The van der Waals surface area contributed by atoms with E-state index in [1.54, 1.807) is 12.1 Å². The zero-order chi connectivity index (χ0) is 20.0. The number of nitrogens with zero attached hydrogens (tertiary/aromatic N) is 1. The highest BCUT2D eigenvalue weighted by Gasteiger charge is 2.20. The number of para-hydroxylation sites is 1. The number of fused-ring (bicyclic) bond motifs is 4. The van der Waals surface area contributed by atoms with Gasteiger partial charge in [0.2, 0.25) is 6.79 Å². The van der Waals surface area contributed by atoms with Crippen LogP contribution in [0.25, 0.3) is 21.9 Å². The van der Waals surface area contributed by atoms with E-state index in [1.807, 2.05) is 47.9 Å². The molecule has 1 N–H and O–H groups in total. The maximum Gasteiger partial charge on any atom is 0.345 e. The Labute approximate surface area is 165 Å². The van der Waals surface area contributed by atoms with Crippen molar-refractivity contribution in [3.63, 3.8) is 0 Å². The lowest BCUT2D eigenvalue weighted by Gasteiger charge is -2.10. The molecule has 0 fully saturated rings. The molecule has 146 valence electrons. The Balaban J connectivity index is 1.51. The minimum Gasteiger partial charge on any atom is -0.454 e. The molecule has 0 saturated heterocycles. The van der Waals surface area contributed by atoms with Crippen LogP contribution in [0, 0.1) is 0 Å². The van der Waals surface area contributed by atoms with Gasteiger partial charge in [-0.25, -0.2) is 4.79 Å². The Kier molecular flexibility index (Phi) is 4.01. The van der Waals surface area contributed by atoms with Gasteiger partial charge in [-0.1, -0.05) is 18.2 Å². The third-order valence-corrected chi connectivity index (χ3v) is 5.10. The van der Waals surface area contributed by atoms with Crippen LogP contribution in [0.2, 0.25) is 0 Å². The highest BCUT2D eigenvalue weighted by Crippen LogP contribution is 2.32. The summed E-state index contributed by atoms with van der Waals surface area (Å²) >= 11 is 0. The predicted octanol–water partition coefficient (Wildman–Crippen LogP) is 3.43. The monoisotopic (exact) mass is 390 g/mol. The first-order valence-electron chi connectivity index (χ1n) is 9.37. The third-order valence-electron chi connectivity index (χ3n) is 5.10. The van der Waals surface area contributed by atoms with Gasteiger partial charge < -0.3 is 23.8 Å². The summed E-state index contributed by atoms with van der Waals surface area (Å²) in [6.45, 7) is 3.02. The summed E-state index contributed by atoms with van der Waals surface area (Å²) in [7, 11) is 0. The van der Waals surface area contributed by atoms with Crippen LogP contribution < -0.4 is 20.4 Å². The zero-order valence-electron chi connectivity index (χ0n) is 15.7. The van der Waals surface area contributed by atoms with Crippen LogP contribution in [0.1, 0.15) is 23.0 Å². The normalized spacial score (nSPS) is 12.6. The molecule has 5 rings (SSSR count). The molecule has 3 heterocycles. The second kappa shape index (κ2) is 6.70. The summed E-state index contributed by atoms with van der Waals surface area (Å²) in [4.78, 5) is 25.4. The molecule has 7 nitrogen and oxygen atoms in total. The lowest BCUT2D eigenvalue weighted by molar-refractivity contribution is 0.0942. The molecule has 2 aromatic carbocycles. The van der Waals surface area contributed by atoms with Crippen LogP contribution in [0.5, 0.6) is 11.5 Å². The molecule has 2 aromatic heterocycles. The van der Waals surface area contributed by atoms with Crippen molar-refractivity contribution in [1.82, 2.24) is 9.88 Å². The number of aryl methyl sites for hydroxylation is 1. The fourth-order valence-corrected chi connectivity index (χ4v) is 3.74. The number of nitrogens with one attached hydrogen (secondary N) is 1. The minimum atomic E-state index is -0.448. The van der Waals surface area contributed by atoms with Crippen LogP contribution in [-0.2, 0) is 13.1 Å². The topological polar surface area (TPSA) is 82.7 Å². The summed E-state index contributed by atoms with van der Waals surface area (Å²) < 4.78 is 17.9. The lowest BCUT2D eigenvalue weighted by atomic mass is 10.2. The SMILES string of the molecule is CCn1c(C(=O)NCc2ccc3c(c2)OCO3)cc2c(=O)oc3ccccc3c21. The number of aromatic nitrogens is 1. The molecular weight excluding hydrogens is 372 g/mol. The lowest BCUT2D eigenvalue weighted by Crippen LogP contribution is -2.25. The summed E-state index contributed by atoms with van der Waals surface area (Å²) in [5.74, 6) is 1.11. The Hall–Kier alpha value is -3.74. The van der Waals surface area contributed by atoms with Crippen molar-refractivity contribution in [1.29, 1.82) is 0 Å². The Morgan fingerprint density at radius 1 is 1.07 bits per heavy atom.